The van der Waals surface area contributed by atoms with Crippen LogP contribution in [0.4, 0.5) is 0 Å². The Hall–Kier alpha value is -1.74. The molecule has 1 heterocycles. The lowest BCUT2D eigenvalue weighted by Crippen LogP contribution is -2.37. The molecule has 0 aliphatic heterocycles. The molecule has 0 unspecified atom stereocenters. The van der Waals surface area contributed by atoms with Crippen molar-refractivity contribution in [1.29, 1.82) is 0 Å². The molecule has 1 N–H and O–H groups in total. The third kappa shape index (κ3) is 2.02. The molecule has 0 saturated heterocycles. The van der Waals surface area contributed by atoms with Gasteiger partial charge >= 0.3 is 0 Å². The molecule has 1 aliphatic rings. The highest BCUT2D eigenvalue weighted by atomic mass is 16.3. The molecular weight excluding hydrogens is 248 g/mol. The van der Waals surface area contributed by atoms with Crippen LogP contribution in [0.3, 0.4) is 0 Å². The van der Waals surface area contributed by atoms with Gasteiger partial charge in [0.2, 0.25) is 0 Å². The fraction of sp³-hybridized carbons (Fsp3) is 0.412. The van der Waals surface area contributed by atoms with Gasteiger partial charge in [-0.15, -0.1) is 0 Å². The SMILES string of the molecule is Cc1nc(C2(c3ccccc3)CCC2)ncc1[C@H](C)O. The van der Waals surface area contributed by atoms with Crippen molar-refractivity contribution in [2.75, 3.05) is 0 Å². The number of rotatable bonds is 3. The van der Waals surface area contributed by atoms with E-state index in [0.717, 1.165) is 29.9 Å². The first-order chi connectivity index (χ1) is 9.63. The van der Waals surface area contributed by atoms with Crippen molar-refractivity contribution in [3.8, 4) is 0 Å². The van der Waals surface area contributed by atoms with E-state index >= 15 is 0 Å². The molecule has 0 amide bonds. The van der Waals surface area contributed by atoms with Crippen LogP contribution >= 0.6 is 0 Å². The summed E-state index contributed by atoms with van der Waals surface area (Å²) in [5, 5.41) is 9.71. The number of benzene rings is 1. The molecule has 3 nitrogen and oxygen atoms in total. The Bertz CT molecular complexity index is 604. The maximum Gasteiger partial charge on any atom is 0.139 e. The van der Waals surface area contributed by atoms with E-state index in [1.54, 1.807) is 13.1 Å². The van der Waals surface area contributed by atoms with Crippen LogP contribution in [0, 0.1) is 6.92 Å². The standard InChI is InChI=1S/C17H20N2O/c1-12-15(13(2)20)11-18-16(19-12)17(9-6-10-17)14-7-4-3-5-8-14/h3-5,7-8,11,13,20H,6,9-10H2,1-2H3/t13-/m0/s1. The van der Waals surface area contributed by atoms with Crippen molar-refractivity contribution < 1.29 is 5.11 Å². The third-order valence-corrected chi connectivity index (χ3v) is 4.43. The van der Waals surface area contributed by atoms with Crippen LogP contribution in [0.5, 0.6) is 0 Å². The number of aromatic nitrogens is 2. The van der Waals surface area contributed by atoms with Gasteiger partial charge in [0.05, 0.1) is 11.5 Å². The highest BCUT2D eigenvalue weighted by molar-refractivity contribution is 5.36. The van der Waals surface area contributed by atoms with E-state index in [2.05, 4.69) is 29.2 Å². The zero-order valence-electron chi connectivity index (χ0n) is 12.0. The highest BCUT2D eigenvalue weighted by Crippen LogP contribution is 2.47. The van der Waals surface area contributed by atoms with Crippen molar-refractivity contribution in [2.24, 2.45) is 0 Å². The van der Waals surface area contributed by atoms with Gasteiger partial charge in [0.25, 0.3) is 0 Å². The summed E-state index contributed by atoms with van der Waals surface area (Å²) in [6.07, 6.45) is 4.69. The van der Waals surface area contributed by atoms with Crippen molar-refractivity contribution in [3.63, 3.8) is 0 Å². The Balaban J connectivity index is 2.05. The van der Waals surface area contributed by atoms with Gasteiger partial charge < -0.3 is 5.11 Å². The maximum absolute atomic E-state index is 9.71. The number of nitrogens with zero attached hydrogens (tertiary/aromatic N) is 2. The first-order valence-electron chi connectivity index (χ1n) is 7.21. The van der Waals surface area contributed by atoms with Gasteiger partial charge in [-0.3, -0.25) is 0 Å². The van der Waals surface area contributed by atoms with Crippen LogP contribution in [-0.4, -0.2) is 15.1 Å². The van der Waals surface area contributed by atoms with E-state index in [0.29, 0.717) is 0 Å². The zero-order chi connectivity index (χ0) is 14.2. The normalized spacial score (nSPS) is 18.4. The summed E-state index contributed by atoms with van der Waals surface area (Å²) in [5.41, 5.74) is 2.97. The van der Waals surface area contributed by atoms with Crippen molar-refractivity contribution >= 4 is 0 Å². The largest absolute Gasteiger partial charge is 0.389 e. The molecule has 104 valence electrons. The predicted octanol–water partition coefficient (Wildman–Crippen LogP) is 3.31. The minimum Gasteiger partial charge on any atom is -0.389 e. The number of hydrogen-bond acceptors (Lipinski definition) is 3. The first-order valence-corrected chi connectivity index (χ1v) is 7.21. The van der Waals surface area contributed by atoms with E-state index < -0.39 is 6.10 Å². The molecule has 1 fully saturated rings. The van der Waals surface area contributed by atoms with Crippen molar-refractivity contribution in [3.05, 3.63) is 59.2 Å². The van der Waals surface area contributed by atoms with Gasteiger partial charge in [0, 0.05) is 17.5 Å². The first kappa shape index (κ1) is 13.3. The maximum atomic E-state index is 9.71. The van der Waals surface area contributed by atoms with Gasteiger partial charge in [0.1, 0.15) is 5.82 Å². The number of aliphatic hydroxyl groups is 1. The molecule has 0 radical (unpaired) electrons. The fourth-order valence-electron chi connectivity index (χ4n) is 3.05. The molecule has 0 bridgehead atoms. The third-order valence-electron chi connectivity index (χ3n) is 4.43. The molecular formula is C17H20N2O. The lowest BCUT2D eigenvalue weighted by atomic mass is 9.64. The van der Waals surface area contributed by atoms with Gasteiger partial charge in [-0.25, -0.2) is 9.97 Å². The molecule has 2 aromatic rings. The van der Waals surface area contributed by atoms with Crippen LogP contribution in [-0.2, 0) is 5.41 Å². The van der Waals surface area contributed by atoms with Gasteiger partial charge in [-0.05, 0) is 32.3 Å². The predicted molar refractivity (Wildman–Crippen MR) is 78.5 cm³/mol. The second-order valence-corrected chi connectivity index (χ2v) is 5.71. The van der Waals surface area contributed by atoms with Gasteiger partial charge in [-0.2, -0.15) is 0 Å². The van der Waals surface area contributed by atoms with Crippen molar-refractivity contribution in [1.82, 2.24) is 9.97 Å². The van der Waals surface area contributed by atoms with Crippen LogP contribution in [0.25, 0.3) is 0 Å². The Morgan fingerprint density at radius 1 is 1.20 bits per heavy atom. The van der Waals surface area contributed by atoms with E-state index in [9.17, 15) is 5.11 Å². The summed E-state index contributed by atoms with van der Waals surface area (Å²) in [4.78, 5) is 9.25. The van der Waals surface area contributed by atoms with Crippen LogP contribution in [0.15, 0.2) is 36.5 Å². The monoisotopic (exact) mass is 268 g/mol. The van der Waals surface area contributed by atoms with Gasteiger partial charge in [0.15, 0.2) is 0 Å². The zero-order valence-corrected chi connectivity index (χ0v) is 12.0. The molecule has 20 heavy (non-hydrogen) atoms. The number of aryl methyl sites for hydroxylation is 1. The van der Waals surface area contributed by atoms with E-state index in [-0.39, 0.29) is 5.41 Å². The van der Waals surface area contributed by atoms with Crippen LogP contribution in [0.2, 0.25) is 0 Å². The smallest absolute Gasteiger partial charge is 0.139 e. The Morgan fingerprint density at radius 3 is 2.40 bits per heavy atom. The Kier molecular flexibility index (Phi) is 3.30. The molecule has 1 aromatic carbocycles. The Morgan fingerprint density at radius 2 is 1.90 bits per heavy atom. The molecule has 3 heteroatoms. The second-order valence-electron chi connectivity index (χ2n) is 5.71. The fourth-order valence-corrected chi connectivity index (χ4v) is 3.05. The minimum atomic E-state index is -0.516. The summed E-state index contributed by atoms with van der Waals surface area (Å²) in [6, 6.07) is 10.5. The molecule has 1 aliphatic carbocycles. The lowest BCUT2D eigenvalue weighted by molar-refractivity contribution is 0.196. The Labute approximate surface area is 119 Å². The minimum absolute atomic E-state index is 0.0246. The average Bonchev–Trinajstić information content (AvgIpc) is 2.38. The molecule has 3 rings (SSSR count). The molecule has 1 atom stereocenters. The van der Waals surface area contributed by atoms with Gasteiger partial charge in [-0.1, -0.05) is 36.8 Å². The lowest BCUT2D eigenvalue weighted by Gasteiger charge is -2.41. The van der Waals surface area contributed by atoms with Crippen molar-refractivity contribution in [2.45, 2.75) is 44.6 Å². The molecule has 1 saturated carbocycles. The summed E-state index contributed by atoms with van der Waals surface area (Å²) < 4.78 is 0. The highest BCUT2D eigenvalue weighted by Gasteiger charge is 2.43. The second kappa shape index (κ2) is 4.98. The molecule has 1 aromatic heterocycles. The van der Waals surface area contributed by atoms with Crippen LogP contribution < -0.4 is 0 Å². The number of aliphatic hydroxyl groups excluding tert-OH is 1. The van der Waals surface area contributed by atoms with E-state index in [1.165, 1.54) is 12.0 Å². The molecule has 0 spiro atoms. The summed E-state index contributed by atoms with van der Waals surface area (Å²) in [5.74, 6) is 0.900. The van der Waals surface area contributed by atoms with E-state index in [1.807, 2.05) is 13.0 Å². The average molecular weight is 268 g/mol. The summed E-state index contributed by atoms with van der Waals surface area (Å²) in [7, 11) is 0. The number of hydrogen-bond donors (Lipinski definition) is 1. The topological polar surface area (TPSA) is 46.0 Å². The summed E-state index contributed by atoms with van der Waals surface area (Å²) in [6.45, 7) is 3.70. The summed E-state index contributed by atoms with van der Waals surface area (Å²) >= 11 is 0. The quantitative estimate of drug-likeness (QED) is 0.929. The van der Waals surface area contributed by atoms with Crippen LogP contribution in [0.1, 0.15) is 54.9 Å². The van der Waals surface area contributed by atoms with E-state index in [4.69, 9.17) is 4.98 Å².